The standard InChI is InChI=1S/C11H23NO2/c1-6-11(7-2,10(13)14)8-12(5)9(3)4/h9H,6-8H2,1-5H3,(H,13,14). The Labute approximate surface area is 87.1 Å². The number of hydrogen-bond donors (Lipinski definition) is 1. The molecule has 14 heavy (non-hydrogen) atoms. The summed E-state index contributed by atoms with van der Waals surface area (Å²) in [4.78, 5) is 13.3. The average molecular weight is 201 g/mol. The molecule has 0 bridgehead atoms. The predicted octanol–water partition coefficient (Wildman–Crippen LogP) is 2.22. The molecule has 3 nitrogen and oxygen atoms in total. The summed E-state index contributed by atoms with van der Waals surface area (Å²) in [6, 6.07) is 0.395. The van der Waals surface area contributed by atoms with Crippen LogP contribution in [-0.2, 0) is 4.79 Å². The quantitative estimate of drug-likeness (QED) is 0.716. The Kier molecular flexibility index (Phi) is 5.13. The number of rotatable bonds is 6. The van der Waals surface area contributed by atoms with Gasteiger partial charge in [0.1, 0.15) is 0 Å². The van der Waals surface area contributed by atoms with Crippen molar-refractivity contribution >= 4 is 5.97 Å². The van der Waals surface area contributed by atoms with Crippen LogP contribution in [0.3, 0.4) is 0 Å². The maximum absolute atomic E-state index is 11.2. The minimum absolute atomic E-state index is 0.395. The largest absolute Gasteiger partial charge is 0.481 e. The van der Waals surface area contributed by atoms with Crippen LogP contribution in [0.5, 0.6) is 0 Å². The fourth-order valence-corrected chi connectivity index (χ4v) is 1.50. The minimum atomic E-state index is -0.671. The number of carboxylic acids is 1. The molecule has 0 atom stereocenters. The Balaban J connectivity index is 4.59. The Morgan fingerprint density at radius 2 is 1.79 bits per heavy atom. The van der Waals surface area contributed by atoms with Crippen molar-refractivity contribution in [3.63, 3.8) is 0 Å². The molecule has 0 aromatic heterocycles. The number of nitrogens with zero attached hydrogens (tertiary/aromatic N) is 1. The van der Waals surface area contributed by atoms with Crippen molar-refractivity contribution in [3.8, 4) is 0 Å². The molecule has 0 spiro atoms. The van der Waals surface area contributed by atoms with E-state index in [-0.39, 0.29) is 0 Å². The molecule has 0 aromatic rings. The first kappa shape index (κ1) is 13.4. The Hall–Kier alpha value is -0.570. The normalized spacial score (nSPS) is 12.5. The van der Waals surface area contributed by atoms with Crippen LogP contribution in [0.2, 0.25) is 0 Å². The fourth-order valence-electron chi connectivity index (χ4n) is 1.50. The molecule has 0 saturated heterocycles. The molecule has 0 fully saturated rings. The molecule has 0 aliphatic rings. The lowest BCUT2D eigenvalue weighted by molar-refractivity contribution is -0.150. The summed E-state index contributed by atoms with van der Waals surface area (Å²) in [5, 5.41) is 9.23. The third kappa shape index (κ3) is 2.98. The molecule has 3 heteroatoms. The van der Waals surface area contributed by atoms with E-state index < -0.39 is 11.4 Å². The number of carboxylic acid groups (broad SMARTS) is 1. The molecular formula is C11H23NO2. The highest BCUT2D eigenvalue weighted by atomic mass is 16.4. The van der Waals surface area contributed by atoms with Crippen molar-refractivity contribution in [1.82, 2.24) is 4.90 Å². The highest BCUT2D eigenvalue weighted by Gasteiger charge is 2.36. The van der Waals surface area contributed by atoms with Gasteiger partial charge in [-0.1, -0.05) is 13.8 Å². The van der Waals surface area contributed by atoms with E-state index in [2.05, 4.69) is 18.7 Å². The van der Waals surface area contributed by atoms with Crippen molar-refractivity contribution < 1.29 is 9.90 Å². The third-order valence-electron chi connectivity index (χ3n) is 3.24. The first-order chi connectivity index (χ1) is 6.39. The second-order valence-electron chi connectivity index (χ2n) is 4.30. The van der Waals surface area contributed by atoms with Crippen LogP contribution in [0.25, 0.3) is 0 Å². The van der Waals surface area contributed by atoms with Gasteiger partial charge in [-0.2, -0.15) is 0 Å². The van der Waals surface area contributed by atoms with Crippen LogP contribution >= 0.6 is 0 Å². The summed E-state index contributed by atoms with van der Waals surface area (Å²) in [6.07, 6.45) is 1.38. The highest BCUT2D eigenvalue weighted by molar-refractivity contribution is 5.74. The summed E-state index contributed by atoms with van der Waals surface area (Å²) in [5.74, 6) is -0.671. The van der Waals surface area contributed by atoms with E-state index in [0.717, 1.165) is 0 Å². The summed E-state index contributed by atoms with van der Waals surface area (Å²) in [7, 11) is 1.98. The van der Waals surface area contributed by atoms with E-state index in [1.165, 1.54) is 0 Å². The lowest BCUT2D eigenvalue weighted by Crippen LogP contribution is -2.43. The van der Waals surface area contributed by atoms with E-state index in [4.69, 9.17) is 0 Å². The molecule has 0 amide bonds. The van der Waals surface area contributed by atoms with Crippen LogP contribution in [0.15, 0.2) is 0 Å². The smallest absolute Gasteiger partial charge is 0.310 e. The minimum Gasteiger partial charge on any atom is -0.481 e. The van der Waals surface area contributed by atoms with Crippen molar-refractivity contribution in [2.75, 3.05) is 13.6 Å². The molecule has 0 unspecified atom stereocenters. The fraction of sp³-hybridized carbons (Fsp3) is 0.909. The van der Waals surface area contributed by atoms with Gasteiger partial charge < -0.3 is 10.0 Å². The number of aliphatic carboxylic acids is 1. The van der Waals surface area contributed by atoms with Crippen LogP contribution in [0, 0.1) is 5.41 Å². The van der Waals surface area contributed by atoms with Crippen LogP contribution < -0.4 is 0 Å². The summed E-state index contributed by atoms with van der Waals surface area (Å²) >= 11 is 0. The molecule has 0 aliphatic heterocycles. The zero-order chi connectivity index (χ0) is 11.4. The van der Waals surface area contributed by atoms with E-state index in [1.54, 1.807) is 0 Å². The third-order valence-corrected chi connectivity index (χ3v) is 3.24. The summed E-state index contributed by atoms with van der Waals surface area (Å²) in [6.45, 7) is 8.69. The lowest BCUT2D eigenvalue weighted by atomic mass is 9.82. The zero-order valence-electron chi connectivity index (χ0n) is 10.0. The van der Waals surface area contributed by atoms with Gasteiger partial charge in [0.25, 0.3) is 0 Å². The van der Waals surface area contributed by atoms with E-state index in [9.17, 15) is 9.90 Å². The predicted molar refractivity (Wildman–Crippen MR) is 58.4 cm³/mol. The van der Waals surface area contributed by atoms with Crippen molar-refractivity contribution in [1.29, 1.82) is 0 Å². The monoisotopic (exact) mass is 201 g/mol. The molecule has 0 aromatic carbocycles. The molecule has 0 saturated carbocycles. The van der Waals surface area contributed by atoms with Crippen LogP contribution in [0.4, 0.5) is 0 Å². The molecule has 84 valence electrons. The SMILES string of the molecule is CCC(CC)(CN(C)C(C)C)C(=O)O. The topological polar surface area (TPSA) is 40.5 Å². The van der Waals surface area contributed by atoms with E-state index in [1.807, 2.05) is 20.9 Å². The average Bonchev–Trinajstić information content (AvgIpc) is 2.13. The number of carbonyl (C=O) groups is 1. The van der Waals surface area contributed by atoms with Gasteiger partial charge in [0.05, 0.1) is 5.41 Å². The molecule has 0 aliphatic carbocycles. The Morgan fingerprint density at radius 1 is 1.36 bits per heavy atom. The first-order valence-electron chi connectivity index (χ1n) is 5.33. The maximum atomic E-state index is 11.2. The number of hydrogen-bond acceptors (Lipinski definition) is 2. The van der Waals surface area contributed by atoms with Gasteiger partial charge in [0.15, 0.2) is 0 Å². The van der Waals surface area contributed by atoms with E-state index >= 15 is 0 Å². The first-order valence-corrected chi connectivity index (χ1v) is 5.33. The summed E-state index contributed by atoms with van der Waals surface area (Å²) < 4.78 is 0. The summed E-state index contributed by atoms with van der Waals surface area (Å²) in [5.41, 5.74) is -0.570. The van der Waals surface area contributed by atoms with E-state index in [0.29, 0.717) is 25.4 Å². The van der Waals surface area contributed by atoms with Gasteiger partial charge in [0.2, 0.25) is 0 Å². The Bertz CT molecular complexity index is 186. The molecule has 0 radical (unpaired) electrons. The van der Waals surface area contributed by atoms with Gasteiger partial charge >= 0.3 is 5.97 Å². The van der Waals surface area contributed by atoms with Crippen molar-refractivity contribution in [2.24, 2.45) is 5.41 Å². The van der Waals surface area contributed by atoms with Crippen LogP contribution in [-0.4, -0.2) is 35.6 Å². The van der Waals surface area contributed by atoms with Crippen molar-refractivity contribution in [3.05, 3.63) is 0 Å². The second-order valence-corrected chi connectivity index (χ2v) is 4.30. The molecule has 0 rings (SSSR count). The molecular weight excluding hydrogens is 178 g/mol. The zero-order valence-corrected chi connectivity index (χ0v) is 10.0. The highest BCUT2D eigenvalue weighted by Crippen LogP contribution is 2.28. The van der Waals surface area contributed by atoms with Crippen molar-refractivity contribution in [2.45, 2.75) is 46.6 Å². The van der Waals surface area contributed by atoms with Gasteiger partial charge in [-0.3, -0.25) is 4.79 Å². The lowest BCUT2D eigenvalue weighted by Gasteiger charge is -2.33. The van der Waals surface area contributed by atoms with Gasteiger partial charge in [-0.15, -0.1) is 0 Å². The van der Waals surface area contributed by atoms with Crippen LogP contribution in [0.1, 0.15) is 40.5 Å². The second kappa shape index (κ2) is 5.35. The molecule has 0 heterocycles. The van der Waals surface area contributed by atoms with Gasteiger partial charge in [-0.25, -0.2) is 0 Å². The van der Waals surface area contributed by atoms with Gasteiger partial charge in [-0.05, 0) is 33.7 Å². The van der Waals surface area contributed by atoms with Gasteiger partial charge in [0, 0.05) is 12.6 Å². The Morgan fingerprint density at radius 3 is 2.00 bits per heavy atom. The maximum Gasteiger partial charge on any atom is 0.310 e. The molecule has 1 N–H and O–H groups in total.